The van der Waals surface area contributed by atoms with Gasteiger partial charge < -0.3 is 14.2 Å². The molecule has 1 amide bonds. The largest absolute Gasteiger partial charge is 0.464 e. The van der Waals surface area contributed by atoms with Crippen molar-refractivity contribution in [2.45, 2.75) is 6.92 Å². The highest BCUT2D eigenvalue weighted by Gasteiger charge is 2.21. The summed E-state index contributed by atoms with van der Waals surface area (Å²) >= 11 is 0. The minimum atomic E-state index is 0.132. The second kappa shape index (κ2) is 6.73. The minimum absolute atomic E-state index is 0.132. The van der Waals surface area contributed by atoms with Crippen molar-refractivity contribution in [3.8, 4) is 11.1 Å². The third-order valence-corrected chi connectivity index (χ3v) is 5.02. The highest BCUT2D eigenvalue weighted by molar-refractivity contribution is 5.95. The van der Waals surface area contributed by atoms with Gasteiger partial charge in [0, 0.05) is 37.1 Å². The SMILES string of the molecule is CCN1CCN(C(=O)c2ccc(-c3ccc4occc4c3)cc2)CC1. The fourth-order valence-electron chi connectivity index (χ4n) is 3.40. The van der Waals surface area contributed by atoms with Crippen LogP contribution in [0.4, 0.5) is 0 Å². The van der Waals surface area contributed by atoms with E-state index in [2.05, 4.69) is 17.9 Å². The average Bonchev–Trinajstić information content (AvgIpc) is 3.15. The van der Waals surface area contributed by atoms with E-state index in [1.54, 1.807) is 6.26 Å². The Labute approximate surface area is 147 Å². The lowest BCUT2D eigenvalue weighted by atomic mass is 10.0. The summed E-state index contributed by atoms with van der Waals surface area (Å²) in [6.45, 7) is 6.77. The number of piperazine rings is 1. The fraction of sp³-hybridized carbons (Fsp3) is 0.286. The lowest BCUT2D eigenvalue weighted by Gasteiger charge is -2.34. The zero-order chi connectivity index (χ0) is 17.2. The maximum Gasteiger partial charge on any atom is 0.253 e. The summed E-state index contributed by atoms with van der Waals surface area (Å²) in [7, 11) is 0. The van der Waals surface area contributed by atoms with Crippen LogP contribution in [0.3, 0.4) is 0 Å². The number of amides is 1. The summed E-state index contributed by atoms with van der Waals surface area (Å²) in [4.78, 5) is 17.0. The van der Waals surface area contributed by atoms with Gasteiger partial charge in [0.05, 0.1) is 6.26 Å². The summed E-state index contributed by atoms with van der Waals surface area (Å²) in [5.41, 5.74) is 3.89. The van der Waals surface area contributed by atoms with Gasteiger partial charge in [-0.05, 0) is 48.0 Å². The van der Waals surface area contributed by atoms with E-state index in [1.807, 2.05) is 47.4 Å². The van der Waals surface area contributed by atoms with Crippen LogP contribution in [-0.2, 0) is 0 Å². The van der Waals surface area contributed by atoms with Crippen molar-refractivity contribution in [1.82, 2.24) is 9.80 Å². The van der Waals surface area contributed by atoms with Crippen LogP contribution in [0.2, 0.25) is 0 Å². The predicted octanol–water partition coefficient (Wildman–Crippen LogP) is 3.88. The third-order valence-electron chi connectivity index (χ3n) is 5.02. The molecule has 1 aliphatic heterocycles. The maximum absolute atomic E-state index is 12.7. The highest BCUT2D eigenvalue weighted by atomic mass is 16.3. The maximum atomic E-state index is 12.7. The molecule has 1 saturated heterocycles. The third kappa shape index (κ3) is 3.17. The van der Waals surface area contributed by atoms with Crippen LogP contribution < -0.4 is 0 Å². The molecular weight excluding hydrogens is 312 g/mol. The lowest BCUT2D eigenvalue weighted by molar-refractivity contribution is 0.0643. The van der Waals surface area contributed by atoms with Gasteiger partial charge in [-0.1, -0.05) is 25.1 Å². The summed E-state index contributed by atoms with van der Waals surface area (Å²) in [6.07, 6.45) is 1.70. The molecule has 4 nitrogen and oxygen atoms in total. The second-order valence-corrected chi connectivity index (χ2v) is 6.48. The molecule has 25 heavy (non-hydrogen) atoms. The number of fused-ring (bicyclic) bond motifs is 1. The first-order valence-corrected chi connectivity index (χ1v) is 8.84. The van der Waals surface area contributed by atoms with Gasteiger partial charge >= 0.3 is 0 Å². The van der Waals surface area contributed by atoms with Crippen LogP contribution in [0.5, 0.6) is 0 Å². The molecule has 128 valence electrons. The Hall–Kier alpha value is -2.59. The van der Waals surface area contributed by atoms with Gasteiger partial charge in [0.25, 0.3) is 5.91 Å². The van der Waals surface area contributed by atoms with E-state index in [9.17, 15) is 4.79 Å². The molecule has 4 heteroatoms. The van der Waals surface area contributed by atoms with Gasteiger partial charge in [-0.2, -0.15) is 0 Å². The van der Waals surface area contributed by atoms with Gasteiger partial charge in [0.1, 0.15) is 5.58 Å². The molecule has 0 N–H and O–H groups in total. The van der Waals surface area contributed by atoms with Crippen molar-refractivity contribution in [2.24, 2.45) is 0 Å². The first kappa shape index (κ1) is 15.9. The first-order chi connectivity index (χ1) is 12.2. The second-order valence-electron chi connectivity index (χ2n) is 6.48. The molecule has 0 aliphatic carbocycles. The monoisotopic (exact) mass is 334 g/mol. The van der Waals surface area contributed by atoms with Crippen molar-refractivity contribution < 1.29 is 9.21 Å². The Morgan fingerprint density at radius 2 is 1.68 bits per heavy atom. The smallest absolute Gasteiger partial charge is 0.253 e. The van der Waals surface area contributed by atoms with Gasteiger partial charge in [0.15, 0.2) is 0 Å². The summed E-state index contributed by atoms with van der Waals surface area (Å²) in [5, 5.41) is 1.09. The molecule has 0 radical (unpaired) electrons. The van der Waals surface area contributed by atoms with Gasteiger partial charge in [-0.15, -0.1) is 0 Å². The van der Waals surface area contributed by atoms with E-state index in [0.29, 0.717) is 0 Å². The molecule has 1 aliphatic rings. The van der Waals surface area contributed by atoms with Crippen LogP contribution in [0.1, 0.15) is 17.3 Å². The van der Waals surface area contributed by atoms with E-state index in [-0.39, 0.29) is 5.91 Å². The number of likely N-dealkylation sites (N-methyl/N-ethyl adjacent to an activating group) is 1. The summed E-state index contributed by atoms with van der Waals surface area (Å²) in [5.74, 6) is 0.132. The highest BCUT2D eigenvalue weighted by Crippen LogP contribution is 2.25. The molecule has 2 heterocycles. The van der Waals surface area contributed by atoms with E-state index in [4.69, 9.17) is 4.42 Å². The Bertz CT molecular complexity index is 874. The van der Waals surface area contributed by atoms with E-state index < -0.39 is 0 Å². The number of carbonyl (C=O) groups is 1. The molecule has 0 bridgehead atoms. The fourth-order valence-corrected chi connectivity index (χ4v) is 3.40. The molecule has 4 rings (SSSR count). The van der Waals surface area contributed by atoms with Crippen LogP contribution in [0, 0.1) is 0 Å². The Morgan fingerprint density at radius 1 is 0.960 bits per heavy atom. The number of hydrogen-bond donors (Lipinski definition) is 0. The van der Waals surface area contributed by atoms with Gasteiger partial charge in [-0.25, -0.2) is 0 Å². The number of rotatable bonds is 3. The van der Waals surface area contributed by atoms with Gasteiger partial charge in [0.2, 0.25) is 0 Å². The van der Waals surface area contributed by atoms with Crippen molar-refractivity contribution in [1.29, 1.82) is 0 Å². The quantitative estimate of drug-likeness (QED) is 0.729. The molecule has 2 aromatic carbocycles. The van der Waals surface area contributed by atoms with Crippen LogP contribution in [0.15, 0.2) is 59.2 Å². The molecule has 0 spiro atoms. The molecule has 0 atom stereocenters. The van der Waals surface area contributed by atoms with Crippen molar-refractivity contribution in [2.75, 3.05) is 32.7 Å². The van der Waals surface area contributed by atoms with Crippen molar-refractivity contribution in [3.63, 3.8) is 0 Å². The first-order valence-electron chi connectivity index (χ1n) is 8.84. The zero-order valence-corrected chi connectivity index (χ0v) is 14.4. The minimum Gasteiger partial charge on any atom is -0.464 e. The summed E-state index contributed by atoms with van der Waals surface area (Å²) < 4.78 is 5.39. The Morgan fingerprint density at radius 3 is 2.40 bits per heavy atom. The van der Waals surface area contributed by atoms with E-state index >= 15 is 0 Å². The van der Waals surface area contributed by atoms with Crippen LogP contribution >= 0.6 is 0 Å². The predicted molar refractivity (Wildman–Crippen MR) is 99.7 cm³/mol. The Kier molecular flexibility index (Phi) is 4.28. The number of furan rings is 1. The zero-order valence-electron chi connectivity index (χ0n) is 14.4. The van der Waals surface area contributed by atoms with E-state index in [0.717, 1.165) is 60.4 Å². The van der Waals surface area contributed by atoms with Crippen LogP contribution in [0.25, 0.3) is 22.1 Å². The van der Waals surface area contributed by atoms with Crippen molar-refractivity contribution >= 4 is 16.9 Å². The summed E-state index contributed by atoms with van der Waals surface area (Å²) in [6, 6.07) is 16.0. The molecule has 1 aromatic heterocycles. The van der Waals surface area contributed by atoms with Gasteiger partial charge in [-0.3, -0.25) is 4.79 Å². The molecule has 1 fully saturated rings. The Balaban J connectivity index is 1.50. The molecule has 0 unspecified atom stereocenters. The van der Waals surface area contributed by atoms with Crippen molar-refractivity contribution in [3.05, 3.63) is 60.4 Å². The van der Waals surface area contributed by atoms with Crippen LogP contribution in [-0.4, -0.2) is 48.4 Å². The lowest BCUT2D eigenvalue weighted by Crippen LogP contribution is -2.48. The standard InChI is InChI=1S/C21H22N2O2/c1-2-22-10-12-23(13-11-22)21(24)17-5-3-16(4-6-17)18-7-8-20-19(15-18)9-14-25-20/h3-9,14-15H,2,10-13H2,1H3. The normalized spacial score (nSPS) is 15.6. The molecular formula is C21H22N2O2. The average molecular weight is 334 g/mol. The number of carbonyl (C=O) groups excluding carboxylic acids is 1. The van der Waals surface area contributed by atoms with E-state index in [1.165, 1.54) is 0 Å². The topological polar surface area (TPSA) is 36.7 Å². The molecule has 0 saturated carbocycles. The number of benzene rings is 2. The molecule has 3 aromatic rings. The number of hydrogen-bond acceptors (Lipinski definition) is 3. The number of nitrogens with zero attached hydrogens (tertiary/aromatic N) is 2.